The Morgan fingerprint density at radius 3 is 1.90 bits per heavy atom. The Hall–Kier alpha value is -3.75. The Balaban J connectivity index is 0.000000212. The molecule has 0 saturated carbocycles. The third-order valence-corrected chi connectivity index (χ3v) is 7.01. The number of hydrogen-bond acceptors (Lipinski definition) is 7. The first-order chi connectivity index (χ1) is 19.1. The van der Waals surface area contributed by atoms with Gasteiger partial charge in [-0.2, -0.15) is 0 Å². The number of anilines is 3. The molecule has 0 aromatic heterocycles. The van der Waals surface area contributed by atoms with E-state index in [-0.39, 0.29) is 5.91 Å². The average Bonchev–Trinajstić information content (AvgIpc) is 2.98. The lowest BCUT2D eigenvalue weighted by Crippen LogP contribution is -2.48. The molecule has 0 unspecified atom stereocenters. The number of aryl methyl sites for hydroxylation is 1. The molecule has 2 aliphatic heterocycles. The molecule has 2 N–H and O–H groups in total. The largest absolute Gasteiger partial charge is 0.495 e. The van der Waals surface area contributed by atoms with Crippen molar-refractivity contribution in [1.29, 1.82) is 0 Å². The lowest BCUT2D eigenvalue weighted by Gasteiger charge is -2.36. The van der Waals surface area contributed by atoms with Gasteiger partial charge < -0.3 is 29.9 Å². The van der Waals surface area contributed by atoms with Crippen molar-refractivity contribution in [2.45, 2.75) is 6.92 Å². The molecule has 2 saturated heterocycles. The molecular weight excluding hydrogens is 490 g/mol. The molecule has 0 bridgehead atoms. The van der Waals surface area contributed by atoms with Gasteiger partial charge in [0.2, 0.25) is 5.91 Å². The maximum absolute atomic E-state index is 12.3. The maximum atomic E-state index is 12.3. The normalized spacial score (nSPS) is 15.7. The second-order valence-corrected chi connectivity index (χ2v) is 9.76. The van der Waals surface area contributed by atoms with Crippen molar-refractivity contribution in [3.63, 3.8) is 0 Å². The van der Waals surface area contributed by atoms with Crippen LogP contribution in [0.2, 0.25) is 0 Å². The van der Waals surface area contributed by atoms with E-state index in [1.54, 1.807) is 14.2 Å². The van der Waals surface area contributed by atoms with Gasteiger partial charge in [0.25, 0.3) is 0 Å². The number of para-hydroxylation sites is 4. The molecule has 0 radical (unpaired) electrons. The third kappa shape index (κ3) is 8.12. The number of carbonyl (C=O) groups is 1. The van der Waals surface area contributed by atoms with E-state index in [1.165, 1.54) is 5.69 Å². The van der Waals surface area contributed by atoms with Crippen LogP contribution in [0.4, 0.5) is 17.1 Å². The predicted octanol–water partition coefficient (Wildman–Crippen LogP) is 3.87. The van der Waals surface area contributed by atoms with Crippen LogP contribution in [0.1, 0.15) is 5.56 Å². The molecule has 8 nitrogen and oxygen atoms in total. The molecular formula is C31H41N5O3. The topological polar surface area (TPSA) is 69.3 Å². The number of nitrogens with zero attached hydrogens (tertiary/aromatic N) is 3. The quantitative estimate of drug-likeness (QED) is 0.480. The van der Waals surface area contributed by atoms with Gasteiger partial charge in [-0.25, -0.2) is 0 Å². The molecule has 3 aromatic rings. The van der Waals surface area contributed by atoms with Gasteiger partial charge in [0, 0.05) is 58.0 Å². The summed E-state index contributed by atoms with van der Waals surface area (Å²) in [6.07, 6.45) is 0. The van der Waals surface area contributed by atoms with Gasteiger partial charge in [0.15, 0.2) is 0 Å². The summed E-state index contributed by atoms with van der Waals surface area (Å²) in [5.74, 6) is 1.90. The lowest BCUT2D eigenvalue weighted by molar-refractivity contribution is -0.117. The standard InChI is InChI=1S/C20H25N3O2.C11H16N2O/c1-16-6-5-7-17(14-16)21-20(24)15-22-10-12-23(13-11-22)18-8-3-4-9-19(18)25-2;1-14-11-5-3-2-4-10(11)13-8-6-12-7-9-13/h3-9,14H,10-13,15H2,1-2H3,(H,21,24);2-5,12H,6-9H2,1H3. The average molecular weight is 532 g/mol. The van der Waals surface area contributed by atoms with E-state index < -0.39 is 0 Å². The number of carbonyl (C=O) groups excluding carboxylic acids is 1. The molecule has 8 heteroatoms. The summed E-state index contributed by atoms with van der Waals surface area (Å²) in [5, 5.41) is 6.32. The van der Waals surface area contributed by atoms with Crippen molar-refractivity contribution in [1.82, 2.24) is 10.2 Å². The first-order valence-corrected chi connectivity index (χ1v) is 13.6. The molecule has 0 spiro atoms. The van der Waals surface area contributed by atoms with E-state index in [9.17, 15) is 4.79 Å². The number of ether oxygens (including phenoxy) is 2. The molecule has 2 fully saturated rings. The van der Waals surface area contributed by atoms with Gasteiger partial charge in [-0.15, -0.1) is 0 Å². The number of hydrogen-bond donors (Lipinski definition) is 2. The fourth-order valence-electron chi connectivity index (χ4n) is 4.96. The first kappa shape index (κ1) is 28.3. The highest BCUT2D eigenvalue weighted by Crippen LogP contribution is 2.29. The Bertz CT molecular complexity index is 1190. The first-order valence-electron chi connectivity index (χ1n) is 13.6. The van der Waals surface area contributed by atoms with Gasteiger partial charge in [0.05, 0.1) is 32.1 Å². The van der Waals surface area contributed by atoms with Crippen LogP contribution >= 0.6 is 0 Å². The van der Waals surface area contributed by atoms with Gasteiger partial charge in [-0.05, 0) is 48.9 Å². The third-order valence-electron chi connectivity index (χ3n) is 7.01. The molecule has 5 rings (SSSR count). The minimum absolute atomic E-state index is 0.0383. The Morgan fingerprint density at radius 2 is 1.33 bits per heavy atom. The summed E-state index contributed by atoms with van der Waals surface area (Å²) in [4.78, 5) is 19.1. The molecule has 2 aliphatic rings. The van der Waals surface area contributed by atoms with Crippen molar-refractivity contribution in [3.05, 3.63) is 78.4 Å². The smallest absolute Gasteiger partial charge is 0.238 e. The van der Waals surface area contributed by atoms with Crippen LogP contribution in [0, 0.1) is 6.92 Å². The Morgan fingerprint density at radius 1 is 0.769 bits per heavy atom. The van der Waals surface area contributed by atoms with E-state index in [2.05, 4.69) is 43.5 Å². The maximum Gasteiger partial charge on any atom is 0.238 e. The van der Waals surface area contributed by atoms with E-state index in [4.69, 9.17) is 9.47 Å². The molecule has 1 amide bonds. The zero-order valence-electron chi connectivity index (χ0n) is 23.4. The lowest BCUT2D eigenvalue weighted by atomic mass is 10.2. The summed E-state index contributed by atoms with van der Waals surface area (Å²) in [7, 11) is 3.42. The van der Waals surface area contributed by atoms with E-state index in [0.29, 0.717) is 6.54 Å². The van der Waals surface area contributed by atoms with Gasteiger partial charge in [-0.1, -0.05) is 36.4 Å². The molecule has 0 atom stereocenters. The van der Waals surface area contributed by atoms with Crippen molar-refractivity contribution in [2.24, 2.45) is 0 Å². The van der Waals surface area contributed by atoms with Gasteiger partial charge in [-0.3, -0.25) is 9.69 Å². The minimum Gasteiger partial charge on any atom is -0.495 e. The Labute approximate surface area is 232 Å². The highest BCUT2D eigenvalue weighted by atomic mass is 16.5. The SMILES string of the molecule is COc1ccccc1N1CCN(CC(=O)Nc2cccc(C)c2)CC1.COc1ccccc1N1CCNCC1. The predicted molar refractivity (Wildman–Crippen MR) is 160 cm³/mol. The van der Waals surface area contributed by atoms with Crippen LogP contribution in [0.25, 0.3) is 0 Å². The molecule has 2 heterocycles. The summed E-state index contributed by atoms with van der Waals surface area (Å²) >= 11 is 0. The van der Waals surface area contributed by atoms with Crippen LogP contribution in [-0.4, -0.2) is 83.9 Å². The number of benzene rings is 3. The van der Waals surface area contributed by atoms with E-state index in [1.807, 2.05) is 61.5 Å². The molecule has 39 heavy (non-hydrogen) atoms. The number of amides is 1. The Kier molecular flexibility index (Phi) is 10.4. The monoisotopic (exact) mass is 531 g/mol. The van der Waals surface area contributed by atoms with Gasteiger partial charge >= 0.3 is 0 Å². The number of rotatable bonds is 7. The second-order valence-electron chi connectivity index (χ2n) is 9.76. The van der Waals surface area contributed by atoms with Crippen molar-refractivity contribution in [3.8, 4) is 11.5 Å². The van der Waals surface area contributed by atoms with Crippen LogP contribution in [0.5, 0.6) is 11.5 Å². The van der Waals surface area contributed by atoms with Crippen molar-refractivity contribution < 1.29 is 14.3 Å². The molecule has 208 valence electrons. The van der Waals surface area contributed by atoms with E-state index in [0.717, 1.165) is 80.8 Å². The number of methoxy groups -OCH3 is 2. The van der Waals surface area contributed by atoms with Crippen LogP contribution in [-0.2, 0) is 4.79 Å². The zero-order valence-corrected chi connectivity index (χ0v) is 23.4. The summed E-state index contributed by atoms with van der Waals surface area (Å²) < 4.78 is 10.8. The highest BCUT2D eigenvalue weighted by Gasteiger charge is 2.21. The zero-order chi connectivity index (χ0) is 27.5. The summed E-state index contributed by atoms with van der Waals surface area (Å²) in [6.45, 7) is 10.2. The van der Waals surface area contributed by atoms with Gasteiger partial charge in [0.1, 0.15) is 11.5 Å². The molecule has 0 aliphatic carbocycles. The second kappa shape index (κ2) is 14.4. The molecule has 3 aromatic carbocycles. The fourth-order valence-corrected chi connectivity index (χ4v) is 4.96. The van der Waals surface area contributed by atoms with Crippen LogP contribution in [0.3, 0.4) is 0 Å². The number of piperazine rings is 2. The number of nitrogens with one attached hydrogen (secondary N) is 2. The fraction of sp³-hybridized carbons (Fsp3) is 0.387. The highest BCUT2D eigenvalue weighted by molar-refractivity contribution is 5.92. The summed E-state index contributed by atoms with van der Waals surface area (Å²) in [5.41, 5.74) is 4.33. The van der Waals surface area contributed by atoms with Crippen LogP contribution < -0.4 is 29.9 Å². The van der Waals surface area contributed by atoms with Crippen molar-refractivity contribution in [2.75, 3.05) is 88.2 Å². The van der Waals surface area contributed by atoms with Crippen molar-refractivity contribution >= 4 is 23.0 Å². The van der Waals surface area contributed by atoms with E-state index >= 15 is 0 Å². The summed E-state index contributed by atoms with van der Waals surface area (Å²) in [6, 6.07) is 24.1. The van der Waals surface area contributed by atoms with Crippen LogP contribution in [0.15, 0.2) is 72.8 Å². The minimum atomic E-state index is 0.0383.